The molecule has 1 aromatic rings. The monoisotopic (exact) mass is 256 g/mol. The molecule has 0 saturated heterocycles. The smallest absolute Gasteiger partial charge is 0.338 e. The van der Waals surface area contributed by atoms with Crippen LogP contribution < -0.4 is 0 Å². The number of carbonyl (C=O) groups excluding carboxylic acids is 1. The molecule has 0 aliphatic carbocycles. The SMILES string of the molecule is CCOC(=O)c1ccc(C[PH](=O)OCC)cc1. The molecule has 1 unspecified atom stereocenters. The van der Waals surface area contributed by atoms with Gasteiger partial charge >= 0.3 is 5.97 Å². The zero-order valence-electron chi connectivity index (χ0n) is 10.1. The molecule has 0 aliphatic rings. The van der Waals surface area contributed by atoms with Crippen LogP contribution >= 0.6 is 8.03 Å². The van der Waals surface area contributed by atoms with Crippen LogP contribution in [-0.2, 0) is 20.0 Å². The van der Waals surface area contributed by atoms with Crippen molar-refractivity contribution in [2.75, 3.05) is 13.2 Å². The average molecular weight is 256 g/mol. The molecule has 0 aromatic heterocycles. The number of hydrogen-bond acceptors (Lipinski definition) is 4. The quantitative estimate of drug-likeness (QED) is 0.580. The first-order chi connectivity index (χ1) is 8.17. The van der Waals surface area contributed by atoms with E-state index >= 15 is 0 Å². The Labute approximate surface area is 102 Å². The minimum absolute atomic E-state index is 0.337. The van der Waals surface area contributed by atoms with Crippen molar-refractivity contribution in [3.8, 4) is 0 Å². The minimum Gasteiger partial charge on any atom is -0.462 e. The second-order valence-corrected chi connectivity index (χ2v) is 4.79. The lowest BCUT2D eigenvalue weighted by molar-refractivity contribution is 0.0526. The molecule has 1 atom stereocenters. The van der Waals surface area contributed by atoms with Crippen molar-refractivity contribution >= 4 is 14.0 Å². The lowest BCUT2D eigenvalue weighted by atomic mass is 10.1. The zero-order valence-corrected chi connectivity index (χ0v) is 11.1. The molecule has 0 amide bonds. The van der Waals surface area contributed by atoms with E-state index in [1.807, 2.05) is 6.92 Å². The van der Waals surface area contributed by atoms with Crippen LogP contribution in [-0.4, -0.2) is 19.2 Å². The Bertz CT molecular complexity index is 386. The number of hydrogen-bond donors (Lipinski definition) is 0. The van der Waals surface area contributed by atoms with Crippen LogP contribution in [0, 0.1) is 0 Å². The van der Waals surface area contributed by atoms with Crippen molar-refractivity contribution in [1.82, 2.24) is 0 Å². The van der Waals surface area contributed by atoms with Gasteiger partial charge in [-0.1, -0.05) is 12.1 Å². The third kappa shape index (κ3) is 4.72. The van der Waals surface area contributed by atoms with Gasteiger partial charge < -0.3 is 9.26 Å². The summed E-state index contributed by atoms with van der Waals surface area (Å²) in [6.07, 6.45) is 0.404. The highest BCUT2D eigenvalue weighted by atomic mass is 31.1. The predicted octanol–water partition coefficient (Wildman–Crippen LogP) is 2.87. The van der Waals surface area contributed by atoms with E-state index in [1.54, 1.807) is 31.2 Å². The van der Waals surface area contributed by atoms with E-state index in [-0.39, 0.29) is 5.97 Å². The number of esters is 1. The van der Waals surface area contributed by atoms with Gasteiger partial charge in [0.1, 0.15) is 0 Å². The van der Waals surface area contributed by atoms with Crippen molar-refractivity contribution in [2.24, 2.45) is 0 Å². The highest BCUT2D eigenvalue weighted by molar-refractivity contribution is 7.38. The van der Waals surface area contributed by atoms with E-state index in [2.05, 4.69) is 0 Å². The maximum Gasteiger partial charge on any atom is 0.338 e. The predicted molar refractivity (Wildman–Crippen MR) is 66.7 cm³/mol. The Kier molecular flexibility index (Phi) is 5.95. The first kappa shape index (κ1) is 13.9. The fourth-order valence-corrected chi connectivity index (χ4v) is 2.34. The summed E-state index contributed by atoms with van der Waals surface area (Å²) in [6, 6.07) is 6.89. The molecule has 0 aliphatic heterocycles. The molecule has 0 saturated carbocycles. The molecule has 1 rings (SSSR count). The van der Waals surface area contributed by atoms with E-state index in [9.17, 15) is 9.36 Å². The Balaban J connectivity index is 2.61. The topological polar surface area (TPSA) is 52.6 Å². The molecule has 4 nitrogen and oxygen atoms in total. The highest BCUT2D eigenvalue weighted by Gasteiger charge is 2.06. The van der Waals surface area contributed by atoms with Crippen LogP contribution in [0.2, 0.25) is 0 Å². The molecule has 0 spiro atoms. The summed E-state index contributed by atoms with van der Waals surface area (Å²) < 4.78 is 21.3. The van der Waals surface area contributed by atoms with Gasteiger partial charge in [0.15, 0.2) is 8.03 Å². The van der Waals surface area contributed by atoms with Gasteiger partial charge in [-0.25, -0.2) is 4.79 Å². The summed E-state index contributed by atoms with van der Waals surface area (Å²) in [4.78, 5) is 11.4. The van der Waals surface area contributed by atoms with Crippen LogP contribution in [0.4, 0.5) is 0 Å². The van der Waals surface area contributed by atoms with E-state index in [4.69, 9.17) is 9.26 Å². The van der Waals surface area contributed by atoms with Crippen molar-refractivity contribution in [3.05, 3.63) is 35.4 Å². The van der Waals surface area contributed by atoms with Gasteiger partial charge in [-0.15, -0.1) is 0 Å². The van der Waals surface area contributed by atoms with E-state index in [1.165, 1.54) is 0 Å². The standard InChI is InChI=1S/C12H17O4P/c1-3-15-12(13)11-7-5-10(6-8-11)9-17(14)16-4-2/h5-8,17H,3-4,9H2,1-2H3. The largest absolute Gasteiger partial charge is 0.462 e. The Hall–Kier alpha value is -1.12. The maximum absolute atomic E-state index is 11.4. The van der Waals surface area contributed by atoms with Crippen molar-refractivity contribution in [3.63, 3.8) is 0 Å². The van der Waals surface area contributed by atoms with Crippen molar-refractivity contribution < 1.29 is 18.6 Å². The fourth-order valence-electron chi connectivity index (χ4n) is 1.35. The molecule has 0 fully saturated rings. The third-order valence-electron chi connectivity index (χ3n) is 2.12. The van der Waals surface area contributed by atoms with Crippen LogP contribution in [0.15, 0.2) is 24.3 Å². The second kappa shape index (κ2) is 7.25. The summed E-state index contributed by atoms with van der Waals surface area (Å²) >= 11 is 0. The molecular weight excluding hydrogens is 239 g/mol. The number of ether oxygens (including phenoxy) is 1. The van der Waals surface area contributed by atoms with Gasteiger partial charge in [-0.2, -0.15) is 0 Å². The van der Waals surface area contributed by atoms with E-state index < -0.39 is 8.03 Å². The molecular formula is C12H17O4P. The van der Waals surface area contributed by atoms with Crippen LogP contribution in [0.1, 0.15) is 29.8 Å². The Morgan fingerprint density at radius 1 is 1.18 bits per heavy atom. The summed E-state index contributed by atoms with van der Waals surface area (Å²) in [7, 11) is -2.00. The summed E-state index contributed by atoms with van der Waals surface area (Å²) in [5.74, 6) is -0.337. The first-order valence-electron chi connectivity index (χ1n) is 5.59. The molecule has 0 radical (unpaired) electrons. The summed E-state index contributed by atoms with van der Waals surface area (Å²) in [5, 5.41) is 0. The highest BCUT2D eigenvalue weighted by Crippen LogP contribution is 2.27. The van der Waals surface area contributed by atoms with Gasteiger partial charge in [0, 0.05) is 6.16 Å². The third-order valence-corrected chi connectivity index (χ3v) is 3.43. The van der Waals surface area contributed by atoms with Crippen LogP contribution in [0.25, 0.3) is 0 Å². The molecule has 5 heteroatoms. The van der Waals surface area contributed by atoms with Crippen molar-refractivity contribution in [1.29, 1.82) is 0 Å². The average Bonchev–Trinajstić information content (AvgIpc) is 2.30. The second-order valence-electron chi connectivity index (χ2n) is 3.40. The summed E-state index contributed by atoms with van der Waals surface area (Å²) in [6.45, 7) is 4.39. The number of carbonyl (C=O) groups is 1. The summed E-state index contributed by atoms with van der Waals surface area (Å²) in [5.41, 5.74) is 1.40. The van der Waals surface area contributed by atoms with Gasteiger partial charge in [0.2, 0.25) is 0 Å². The molecule has 17 heavy (non-hydrogen) atoms. The Morgan fingerprint density at radius 2 is 1.82 bits per heavy atom. The van der Waals surface area contributed by atoms with Gasteiger partial charge in [-0.05, 0) is 31.5 Å². The molecule has 0 bridgehead atoms. The van der Waals surface area contributed by atoms with Crippen LogP contribution in [0.3, 0.4) is 0 Å². The lowest BCUT2D eigenvalue weighted by Crippen LogP contribution is -2.04. The first-order valence-corrected chi connectivity index (χ1v) is 7.11. The zero-order chi connectivity index (χ0) is 12.7. The Morgan fingerprint density at radius 3 is 2.35 bits per heavy atom. The fraction of sp³-hybridized carbons (Fsp3) is 0.417. The molecule has 0 N–H and O–H groups in total. The number of rotatable bonds is 6. The maximum atomic E-state index is 11.4. The molecule has 1 aromatic carbocycles. The normalized spacial score (nSPS) is 12.1. The van der Waals surface area contributed by atoms with Gasteiger partial charge in [-0.3, -0.25) is 4.57 Å². The van der Waals surface area contributed by atoms with Crippen LogP contribution in [0.5, 0.6) is 0 Å². The van der Waals surface area contributed by atoms with Crippen molar-refractivity contribution in [2.45, 2.75) is 20.0 Å². The minimum atomic E-state index is -2.00. The van der Waals surface area contributed by atoms with Gasteiger partial charge in [0.05, 0.1) is 18.8 Å². The van der Waals surface area contributed by atoms with E-state index in [0.717, 1.165) is 5.56 Å². The lowest BCUT2D eigenvalue weighted by Gasteiger charge is -2.04. The number of benzene rings is 1. The molecule has 94 valence electrons. The van der Waals surface area contributed by atoms with E-state index in [0.29, 0.717) is 24.9 Å². The van der Waals surface area contributed by atoms with Gasteiger partial charge in [0.25, 0.3) is 0 Å². The molecule has 0 heterocycles.